The summed E-state index contributed by atoms with van der Waals surface area (Å²) in [5.41, 5.74) is 2.15. The van der Waals surface area contributed by atoms with E-state index < -0.39 is 10.0 Å². The molecule has 0 spiro atoms. The minimum absolute atomic E-state index is 0.0947. The Morgan fingerprint density at radius 3 is 2.46 bits per heavy atom. The number of pyridine rings is 2. The predicted molar refractivity (Wildman–Crippen MR) is 136 cm³/mol. The van der Waals surface area contributed by atoms with E-state index in [1.807, 2.05) is 49.7 Å². The minimum Gasteiger partial charge on any atom is -0.456 e. The molecule has 9 heteroatoms. The fourth-order valence-electron chi connectivity index (χ4n) is 3.13. The molecule has 1 aromatic carbocycles. The molecule has 0 atom stereocenters. The molecule has 1 N–H and O–H groups in total. The van der Waals surface area contributed by atoms with Crippen LogP contribution in [0.3, 0.4) is 0 Å². The van der Waals surface area contributed by atoms with Crippen molar-refractivity contribution < 1.29 is 17.9 Å². The van der Waals surface area contributed by atoms with Gasteiger partial charge in [0.1, 0.15) is 27.8 Å². The van der Waals surface area contributed by atoms with Crippen molar-refractivity contribution in [1.82, 2.24) is 14.4 Å². The standard InChI is InChI=1S/C19H16N4O3S.C5H8O.C2H6/c1-14-12-23-13-17(7-8-19(23)21-14)26-16-5-2-4-15(10-16)22-27(24,25)18-6-3-9-20-11-18;1-4(6)5-2-3-5;1-2/h2-13,22H,1H3;5H,2-3H2,1H3;1-2H3. The van der Waals surface area contributed by atoms with Crippen molar-refractivity contribution in [2.24, 2.45) is 5.92 Å². The Hall–Kier alpha value is -3.72. The van der Waals surface area contributed by atoms with Crippen LogP contribution in [-0.4, -0.2) is 28.6 Å². The molecular weight excluding hydrogens is 464 g/mol. The summed E-state index contributed by atoms with van der Waals surface area (Å²) in [5, 5.41) is 0. The molecule has 0 aliphatic heterocycles. The summed E-state index contributed by atoms with van der Waals surface area (Å²) in [6.07, 6.45) is 8.84. The van der Waals surface area contributed by atoms with E-state index in [2.05, 4.69) is 14.7 Å². The molecule has 0 radical (unpaired) electrons. The number of anilines is 1. The Labute approximate surface area is 206 Å². The number of nitrogens with one attached hydrogen (secondary N) is 1. The van der Waals surface area contributed by atoms with Crippen LogP contribution in [0.5, 0.6) is 11.5 Å². The van der Waals surface area contributed by atoms with Crippen LogP contribution in [0.4, 0.5) is 5.69 Å². The summed E-state index contributed by atoms with van der Waals surface area (Å²) in [7, 11) is -3.71. The number of nitrogens with zero attached hydrogens (tertiary/aromatic N) is 3. The van der Waals surface area contributed by atoms with E-state index in [9.17, 15) is 13.2 Å². The van der Waals surface area contributed by atoms with Crippen LogP contribution in [0.2, 0.25) is 0 Å². The molecule has 5 rings (SSSR count). The van der Waals surface area contributed by atoms with Crippen LogP contribution in [0.15, 0.2) is 78.2 Å². The number of ether oxygens (including phenoxy) is 1. The molecule has 3 aromatic heterocycles. The summed E-state index contributed by atoms with van der Waals surface area (Å²) >= 11 is 0. The van der Waals surface area contributed by atoms with Gasteiger partial charge in [-0.1, -0.05) is 19.9 Å². The van der Waals surface area contributed by atoms with Crippen molar-refractivity contribution in [3.8, 4) is 11.5 Å². The van der Waals surface area contributed by atoms with Crippen LogP contribution in [0.25, 0.3) is 5.65 Å². The average Bonchev–Trinajstić information content (AvgIpc) is 3.63. The Morgan fingerprint density at radius 2 is 1.83 bits per heavy atom. The third-order valence-electron chi connectivity index (χ3n) is 4.96. The monoisotopic (exact) mass is 494 g/mol. The first-order valence-corrected chi connectivity index (χ1v) is 12.9. The van der Waals surface area contributed by atoms with Gasteiger partial charge in [-0.2, -0.15) is 0 Å². The fourth-order valence-corrected chi connectivity index (χ4v) is 4.14. The highest BCUT2D eigenvalue weighted by Gasteiger charge is 2.25. The van der Waals surface area contributed by atoms with Gasteiger partial charge < -0.3 is 9.14 Å². The second kappa shape index (κ2) is 11.6. The Kier molecular flexibility index (Phi) is 8.59. The molecule has 184 valence electrons. The Morgan fingerprint density at radius 1 is 1.06 bits per heavy atom. The Balaban J connectivity index is 0.000000369. The van der Waals surface area contributed by atoms with Gasteiger partial charge in [-0.05, 0) is 63.1 Å². The van der Waals surface area contributed by atoms with E-state index in [1.165, 1.54) is 18.5 Å². The first-order chi connectivity index (χ1) is 16.8. The zero-order valence-corrected chi connectivity index (χ0v) is 21.1. The van der Waals surface area contributed by atoms with Gasteiger partial charge >= 0.3 is 0 Å². The van der Waals surface area contributed by atoms with Crippen molar-refractivity contribution >= 4 is 27.1 Å². The molecule has 0 saturated heterocycles. The molecule has 8 nitrogen and oxygen atoms in total. The van der Waals surface area contributed by atoms with Crippen molar-refractivity contribution in [3.63, 3.8) is 0 Å². The number of carbonyl (C=O) groups is 1. The molecule has 0 unspecified atom stereocenters. The number of ketones is 1. The zero-order chi connectivity index (χ0) is 25.4. The van der Waals surface area contributed by atoms with Crippen LogP contribution in [-0.2, 0) is 14.8 Å². The summed E-state index contributed by atoms with van der Waals surface area (Å²) in [4.78, 5) is 18.5. The summed E-state index contributed by atoms with van der Waals surface area (Å²) in [6, 6.07) is 13.5. The number of fused-ring (bicyclic) bond motifs is 1. The Bertz CT molecular complexity index is 1380. The number of rotatable bonds is 6. The van der Waals surface area contributed by atoms with Crippen molar-refractivity contribution in [1.29, 1.82) is 0 Å². The van der Waals surface area contributed by atoms with Gasteiger partial charge in [0.2, 0.25) is 0 Å². The molecule has 1 aliphatic carbocycles. The quantitative estimate of drug-likeness (QED) is 0.372. The van der Waals surface area contributed by atoms with Crippen molar-refractivity contribution in [2.75, 3.05) is 4.72 Å². The third kappa shape index (κ3) is 7.38. The lowest BCUT2D eigenvalue weighted by atomic mass is 10.3. The van der Waals surface area contributed by atoms with Gasteiger partial charge in [0.25, 0.3) is 10.0 Å². The molecule has 1 fully saturated rings. The first-order valence-electron chi connectivity index (χ1n) is 11.5. The summed E-state index contributed by atoms with van der Waals surface area (Å²) < 4.78 is 35.1. The smallest absolute Gasteiger partial charge is 0.263 e. The summed E-state index contributed by atoms with van der Waals surface area (Å²) in [5.74, 6) is 1.96. The minimum atomic E-state index is -3.71. The fraction of sp³-hybridized carbons (Fsp3) is 0.269. The lowest BCUT2D eigenvalue weighted by Gasteiger charge is -2.10. The van der Waals surface area contributed by atoms with Gasteiger partial charge in [0.05, 0.1) is 17.6 Å². The molecule has 1 saturated carbocycles. The van der Waals surface area contributed by atoms with Gasteiger partial charge in [-0.3, -0.25) is 14.5 Å². The zero-order valence-electron chi connectivity index (χ0n) is 20.3. The highest BCUT2D eigenvalue weighted by molar-refractivity contribution is 7.92. The second-order valence-electron chi connectivity index (χ2n) is 7.82. The maximum atomic E-state index is 12.4. The molecule has 0 amide bonds. The number of hydrogen-bond acceptors (Lipinski definition) is 6. The van der Waals surface area contributed by atoms with Crippen molar-refractivity contribution in [2.45, 2.75) is 45.4 Å². The number of Topliss-reactive ketones (excluding diaryl/α,β-unsaturated/α-hetero) is 1. The van der Waals surface area contributed by atoms with E-state index in [1.54, 1.807) is 37.3 Å². The largest absolute Gasteiger partial charge is 0.456 e. The maximum absolute atomic E-state index is 12.4. The third-order valence-corrected chi connectivity index (χ3v) is 6.33. The molecular formula is C26H30N4O4S. The highest BCUT2D eigenvalue weighted by atomic mass is 32.2. The normalized spacial score (nSPS) is 12.6. The van der Waals surface area contributed by atoms with Crippen molar-refractivity contribution in [3.05, 3.63) is 79.0 Å². The number of sulfonamides is 1. The van der Waals surface area contributed by atoms with Gasteiger partial charge in [0.15, 0.2) is 0 Å². The number of hydrogen-bond donors (Lipinski definition) is 1. The SMILES string of the molecule is CC.CC(=O)C1CC1.Cc1cn2cc(Oc3cccc(NS(=O)(=O)c4cccnc4)c3)ccc2n1. The number of carbonyl (C=O) groups excluding carboxylic acids is 1. The van der Waals surface area contributed by atoms with Gasteiger partial charge in [-0.15, -0.1) is 0 Å². The lowest BCUT2D eigenvalue weighted by Crippen LogP contribution is -2.13. The summed E-state index contributed by atoms with van der Waals surface area (Å²) in [6.45, 7) is 7.59. The predicted octanol–water partition coefficient (Wildman–Crippen LogP) is 5.64. The van der Waals surface area contributed by atoms with Crippen LogP contribution < -0.4 is 9.46 Å². The van der Waals surface area contributed by atoms with Crippen LogP contribution in [0.1, 0.15) is 39.3 Å². The number of aryl methyl sites for hydroxylation is 1. The molecule has 4 aromatic rings. The maximum Gasteiger partial charge on any atom is 0.263 e. The number of aromatic nitrogens is 3. The van der Waals surface area contributed by atoms with E-state index >= 15 is 0 Å². The van der Waals surface area contributed by atoms with Crippen LogP contribution >= 0.6 is 0 Å². The molecule has 35 heavy (non-hydrogen) atoms. The van der Waals surface area contributed by atoms with E-state index in [-0.39, 0.29) is 4.90 Å². The van der Waals surface area contributed by atoms with Gasteiger partial charge in [-0.25, -0.2) is 13.4 Å². The second-order valence-corrected chi connectivity index (χ2v) is 9.50. The molecule has 0 bridgehead atoms. The first kappa shape index (κ1) is 25.9. The molecule has 1 aliphatic rings. The topological polar surface area (TPSA) is 103 Å². The van der Waals surface area contributed by atoms with E-state index in [4.69, 9.17) is 4.74 Å². The van der Waals surface area contributed by atoms with E-state index in [0.717, 1.165) is 24.2 Å². The lowest BCUT2D eigenvalue weighted by molar-refractivity contribution is -0.118. The number of imidazole rings is 1. The van der Waals surface area contributed by atoms with Gasteiger partial charge in [0, 0.05) is 30.6 Å². The van der Waals surface area contributed by atoms with E-state index in [0.29, 0.717) is 28.9 Å². The van der Waals surface area contributed by atoms with Crippen LogP contribution in [0, 0.1) is 12.8 Å². The molecule has 3 heterocycles. The highest BCUT2D eigenvalue weighted by Crippen LogP contribution is 2.29. The average molecular weight is 495 g/mol. The number of benzene rings is 1.